The number of hydrogen-bond acceptors (Lipinski definition) is 9. The van der Waals surface area contributed by atoms with Crippen LogP contribution in [-0.4, -0.2) is 33.3 Å². The fourth-order valence-electron chi connectivity index (χ4n) is 3.80. The molecule has 2 aromatic carbocycles. The van der Waals surface area contributed by atoms with Gasteiger partial charge in [0, 0.05) is 0 Å². The van der Waals surface area contributed by atoms with E-state index in [1.165, 1.54) is 13.2 Å². The number of hydrogen-bond donors (Lipinski definition) is 1. The van der Waals surface area contributed by atoms with E-state index < -0.39 is 17.9 Å². The third-order valence-electron chi connectivity index (χ3n) is 5.25. The molecular formula is C24H19BrN4O5. The van der Waals surface area contributed by atoms with Crippen LogP contribution in [0.2, 0.25) is 0 Å². The molecule has 2 aromatic rings. The van der Waals surface area contributed by atoms with Gasteiger partial charge in [0.15, 0.2) is 5.75 Å². The first-order chi connectivity index (χ1) is 16.4. The van der Waals surface area contributed by atoms with Gasteiger partial charge in [-0.15, -0.1) is 0 Å². The summed E-state index contributed by atoms with van der Waals surface area (Å²) < 4.78 is 15.8. The molecule has 1 heterocycles. The maximum Gasteiger partial charge on any atom is 0.355 e. The second kappa shape index (κ2) is 10.1. The molecule has 2 N–H and O–H groups in total. The van der Waals surface area contributed by atoms with E-state index in [9.17, 15) is 20.1 Å². The largest absolute Gasteiger partial charge is 0.494 e. The van der Waals surface area contributed by atoms with E-state index in [1.807, 2.05) is 6.07 Å². The molecule has 0 saturated heterocycles. The molecule has 0 fully saturated rings. The molecule has 34 heavy (non-hydrogen) atoms. The first-order valence-electron chi connectivity index (χ1n) is 9.78. The van der Waals surface area contributed by atoms with Gasteiger partial charge in [-0.25, -0.2) is 9.59 Å². The van der Waals surface area contributed by atoms with E-state index in [0.29, 0.717) is 10.0 Å². The van der Waals surface area contributed by atoms with Gasteiger partial charge < -0.3 is 19.9 Å². The number of esters is 2. The Labute approximate surface area is 204 Å². The maximum absolute atomic E-state index is 13.1. The number of methoxy groups -OCH3 is 3. The fraction of sp³-hybridized carbons (Fsp3) is 0.167. The molecule has 1 unspecified atom stereocenters. The highest BCUT2D eigenvalue weighted by Crippen LogP contribution is 2.45. The van der Waals surface area contributed by atoms with E-state index in [2.05, 4.69) is 22.0 Å². The Kier molecular flexibility index (Phi) is 7.24. The van der Waals surface area contributed by atoms with Crippen molar-refractivity contribution in [1.82, 2.24) is 0 Å². The average Bonchev–Trinajstić information content (AvgIpc) is 2.87. The summed E-state index contributed by atoms with van der Waals surface area (Å²) in [4.78, 5) is 27.3. The van der Waals surface area contributed by atoms with Gasteiger partial charge in [-0.3, -0.25) is 4.90 Å². The quantitative estimate of drug-likeness (QED) is 0.586. The zero-order chi connectivity index (χ0) is 25.0. The van der Waals surface area contributed by atoms with Gasteiger partial charge in [0.05, 0.1) is 54.6 Å². The number of carbonyl (C=O) groups excluding carboxylic acids is 2. The standard InChI is InChI=1S/C24H19BrN4O5/c1-32-21-14(11-26)17(10-9-16(21)25)29-20(24(31)34-3)19(23(30)33-2)18(15(12-27)22(29)28)13-7-5-4-6-8-13/h4-10,18H,28H2,1-3H3. The van der Waals surface area contributed by atoms with Crippen LogP contribution in [0.4, 0.5) is 5.69 Å². The molecule has 0 bridgehead atoms. The molecule has 0 radical (unpaired) electrons. The highest BCUT2D eigenvalue weighted by atomic mass is 79.9. The number of rotatable bonds is 5. The Balaban J connectivity index is 2.50. The number of nitrogens with two attached hydrogens (primary N) is 1. The van der Waals surface area contributed by atoms with Crippen molar-refractivity contribution in [3.63, 3.8) is 0 Å². The van der Waals surface area contributed by atoms with Gasteiger partial charge >= 0.3 is 11.9 Å². The van der Waals surface area contributed by atoms with Gasteiger partial charge in [0.1, 0.15) is 23.2 Å². The Hall–Kier alpha value is -4.28. The van der Waals surface area contributed by atoms with Crippen LogP contribution in [0.3, 0.4) is 0 Å². The van der Waals surface area contributed by atoms with Crippen LogP contribution in [0.5, 0.6) is 5.75 Å². The van der Waals surface area contributed by atoms with Crippen molar-refractivity contribution in [2.75, 3.05) is 26.2 Å². The summed E-state index contributed by atoms with van der Waals surface area (Å²) in [5.41, 5.74) is 6.68. The van der Waals surface area contributed by atoms with Gasteiger partial charge in [-0.05, 0) is 33.6 Å². The van der Waals surface area contributed by atoms with Gasteiger partial charge in [0.2, 0.25) is 0 Å². The van der Waals surface area contributed by atoms with Crippen molar-refractivity contribution in [3.8, 4) is 17.9 Å². The van der Waals surface area contributed by atoms with Crippen molar-refractivity contribution >= 4 is 33.6 Å². The summed E-state index contributed by atoms with van der Waals surface area (Å²) in [7, 11) is 3.68. The van der Waals surface area contributed by atoms with E-state index in [0.717, 1.165) is 19.1 Å². The normalized spacial score (nSPS) is 15.4. The van der Waals surface area contributed by atoms with Crippen molar-refractivity contribution in [3.05, 3.63) is 80.7 Å². The number of nitrogens with zero attached hydrogens (tertiary/aromatic N) is 3. The maximum atomic E-state index is 13.1. The van der Waals surface area contributed by atoms with Crippen LogP contribution < -0.4 is 15.4 Å². The molecule has 1 atom stereocenters. The molecule has 0 amide bonds. The smallest absolute Gasteiger partial charge is 0.355 e. The molecule has 1 aliphatic heterocycles. The summed E-state index contributed by atoms with van der Waals surface area (Å²) in [6.45, 7) is 0. The predicted octanol–water partition coefficient (Wildman–Crippen LogP) is 3.23. The lowest BCUT2D eigenvalue weighted by Crippen LogP contribution is -2.41. The van der Waals surface area contributed by atoms with E-state index >= 15 is 0 Å². The number of carbonyl (C=O) groups is 2. The Morgan fingerprint density at radius 1 is 1.00 bits per heavy atom. The monoisotopic (exact) mass is 522 g/mol. The number of benzene rings is 2. The lowest BCUT2D eigenvalue weighted by Gasteiger charge is -2.36. The fourth-order valence-corrected chi connectivity index (χ4v) is 4.30. The van der Waals surface area contributed by atoms with Crippen molar-refractivity contribution in [2.24, 2.45) is 5.73 Å². The van der Waals surface area contributed by atoms with Crippen LogP contribution in [-0.2, 0) is 19.1 Å². The topological polar surface area (TPSA) is 139 Å². The van der Waals surface area contributed by atoms with E-state index in [-0.39, 0.29) is 39.7 Å². The summed E-state index contributed by atoms with van der Waals surface area (Å²) in [5, 5.41) is 20.0. The third-order valence-corrected chi connectivity index (χ3v) is 5.88. The number of allylic oxidation sites excluding steroid dienone is 1. The summed E-state index contributed by atoms with van der Waals surface area (Å²) in [5.74, 6) is -2.74. The molecule has 0 saturated carbocycles. The Morgan fingerprint density at radius 2 is 1.65 bits per heavy atom. The molecule has 1 aliphatic rings. The predicted molar refractivity (Wildman–Crippen MR) is 125 cm³/mol. The van der Waals surface area contributed by atoms with Crippen LogP contribution in [0.1, 0.15) is 17.0 Å². The average molecular weight is 523 g/mol. The van der Waals surface area contributed by atoms with Crippen LogP contribution in [0, 0.1) is 22.7 Å². The molecule has 3 rings (SSSR count). The molecule has 0 aliphatic carbocycles. The highest BCUT2D eigenvalue weighted by Gasteiger charge is 2.43. The number of anilines is 1. The summed E-state index contributed by atoms with van der Waals surface area (Å²) >= 11 is 3.32. The lowest BCUT2D eigenvalue weighted by molar-refractivity contribution is -0.139. The van der Waals surface area contributed by atoms with E-state index in [4.69, 9.17) is 19.9 Å². The third kappa shape index (κ3) is 3.96. The minimum atomic E-state index is -1.01. The number of nitriles is 2. The van der Waals surface area contributed by atoms with Crippen molar-refractivity contribution in [1.29, 1.82) is 10.5 Å². The Morgan fingerprint density at radius 3 is 2.18 bits per heavy atom. The minimum absolute atomic E-state index is 0.00923. The molecule has 172 valence electrons. The van der Waals surface area contributed by atoms with Crippen LogP contribution in [0.15, 0.2) is 69.6 Å². The van der Waals surface area contributed by atoms with E-state index in [1.54, 1.807) is 36.4 Å². The molecule has 0 spiro atoms. The summed E-state index contributed by atoms with van der Waals surface area (Å²) in [6.07, 6.45) is 0. The zero-order valence-corrected chi connectivity index (χ0v) is 20.0. The number of halogens is 1. The second-order valence-electron chi connectivity index (χ2n) is 6.92. The molecule has 0 aromatic heterocycles. The van der Waals surface area contributed by atoms with Gasteiger partial charge in [-0.1, -0.05) is 30.3 Å². The summed E-state index contributed by atoms with van der Waals surface area (Å²) in [6, 6.07) is 15.8. The molecule has 10 heteroatoms. The van der Waals surface area contributed by atoms with Crippen molar-refractivity contribution < 1.29 is 23.8 Å². The molecule has 9 nitrogen and oxygen atoms in total. The van der Waals surface area contributed by atoms with Gasteiger partial charge in [-0.2, -0.15) is 10.5 Å². The van der Waals surface area contributed by atoms with Crippen LogP contribution in [0.25, 0.3) is 0 Å². The highest BCUT2D eigenvalue weighted by molar-refractivity contribution is 9.10. The number of ether oxygens (including phenoxy) is 3. The molecular weight excluding hydrogens is 504 g/mol. The zero-order valence-electron chi connectivity index (χ0n) is 18.5. The second-order valence-corrected chi connectivity index (χ2v) is 7.78. The van der Waals surface area contributed by atoms with Gasteiger partial charge in [0.25, 0.3) is 0 Å². The lowest BCUT2D eigenvalue weighted by atomic mass is 9.80. The van der Waals surface area contributed by atoms with Crippen molar-refractivity contribution in [2.45, 2.75) is 5.92 Å². The first kappa shape index (κ1) is 24.4. The minimum Gasteiger partial charge on any atom is -0.494 e. The van der Waals surface area contributed by atoms with Crippen LogP contribution >= 0.6 is 15.9 Å². The Bertz CT molecular complexity index is 1310. The SMILES string of the molecule is COC(=O)C1=C(C(=O)OC)N(c2ccc(Br)c(OC)c2C#N)C(N)=C(C#N)C1c1ccccc1. The first-order valence-corrected chi connectivity index (χ1v) is 10.6.